The van der Waals surface area contributed by atoms with Crippen molar-refractivity contribution in [3.63, 3.8) is 0 Å². The number of thiophene rings is 1. The van der Waals surface area contributed by atoms with E-state index < -0.39 is 10.0 Å². The van der Waals surface area contributed by atoms with Crippen LogP contribution in [0.25, 0.3) is 11.1 Å². The number of hydrogen-bond donors (Lipinski definition) is 1. The van der Waals surface area contributed by atoms with Gasteiger partial charge in [0.25, 0.3) is 10.0 Å². The number of pyridine rings is 1. The number of hydrogen-bond acceptors (Lipinski definition) is 9. The highest BCUT2D eigenvalue weighted by Crippen LogP contribution is 2.36. The van der Waals surface area contributed by atoms with Gasteiger partial charge in [0.15, 0.2) is 0 Å². The van der Waals surface area contributed by atoms with Crippen molar-refractivity contribution in [2.75, 3.05) is 43.0 Å². The van der Waals surface area contributed by atoms with Crippen LogP contribution in [0.1, 0.15) is 10.6 Å². The SMILES string of the molecule is COc1ncc(-c2c(C)ncnc2N2CCOCC2)cc1NS(=O)(=O)c1ccc(C)s1. The van der Waals surface area contributed by atoms with Gasteiger partial charge in [-0.15, -0.1) is 11.3 Å². The third-order valence-corrected chi connectivity index (χ3v) is 7.74. The number of nitrogens with one attached hydrogen (secondary N) is 1. The minimum Gasteiger partial charge on any atom is -0.480 e. The summed E-state index contributed by atoms with van der Waals surface area (Å²) in [5.41, 5.74) is 2.51. The van der Waals surface area contributed by atoms with Crippen LogP contribution in [0.15, 0.2) is 34.9 Å². The molecule has 0 unspecified atom stereocenters. The van der Waals surface area contributed by atoms with E-state index >= 15 is 0 Å². The molecule has 0 bridgehead atoms. The summed E-state index contributed by atoms with van der Waals surface area (Å²) >= 11 is 1.20. The van der Waals surface area contributed by atoms with Gasteiger partial charge in [-0.1, -0.05) is 0 Å². The molecular formula is C20H23N5O4S2. The molecule has 0 aromatic carbocycles. The van der Waals surface area contributed by atoms with Gasteiger partial charge in [0.1, 0.15) is 22.0 Å². The number of aryl methyl sites for hydroxylation is 2. The summed E-state index contributed by atoms with van der Waals surface area (Å²) in [4.78, 5) is 16.2. The van der Waals surface area contributed by atoms with Crippen LogP contribution in [0, 0.1) is 13.8 Å². The van der Waals surface area contributed by atoms with Crippen molar-refractivity contribution >= 4 is 32.9 Å². The van der Waals surface area contributed by atoms with Crippen LogP contribution >= 0.6 is 11.3 Å². The Morgan fingerprint density at radius 2 is 1.94 bits per heavy atom. The molecule has 31 heavy (non-hydrogen) atoms. The maximum absolute atomic E-state index is 12.9. The van der Waals surface area contributed by atoms with E-state index in [-0.39, 0.29) is 15.8 Å². The Bertz CT molecular complexity index is 1190. The predicted octanol–water partition coefficient (Wildman–Crippen LogP) is 2.86. The van der Waals surface area contributed by atoms with Crippen molar-refractivity contribution in [2.24, 2.45) is 0 Å². The number of morpholine rings is 1. The lowest BCUT2D eigenvalue weighted by molar-refractivity contribution is 0.122. The van der Waals surface area contributed by atoms with Crippen LogP contribution < -0.4 is 14.4 Å². The second kappa shape index (κ2) is 8.77. The van der Waals surface area contributed by atoms with Gasteiger partial charge in [-0.05, 0) is 32.0 Å². The minimum absolute atomic E-state index is 0.183. The molecule has 4 heterocycles. The lowest BCUT2D eigenvalue weighted by Gasteiger charge is -2.29. The fourth-order valence-electron chi connectivity index (χ4n) is 3.39. The molecule has 3 aromatic heterocycles. The van der Waals surface area contributed by atoms with Crippen LogP contribution in [-0.2, 0) is 14.8 Å². The summed E-state index contributed by atoms with van der Waals surface area (Å²) < 4.78 is 39.4. The minimum atomic E-state index is -3.77. The van der Waals surface area contributed by atoms with Crippen molar-refractivity contribution in [1.82, 2.24) is 15.0 Å². The molecule has 1 fully saturated rings. The zero-order chi connectivity index (χ0) is 22.0. The van der Waals surface area contributed by atoms with E-state index in [2.05, 4.69) is 24.6 Å². The largest absolute Gasteiger partial charge is 0.480 e. The van der Waals surface area contributed by atoms with Gasteiger partial charge in [-0.3, -0.25) is 4.72 Å². The molecule has 0 radical (unpaired) electrons. The molecule has 164 valence electrons. The predicted molar refractivity (Wildman–Crippen MR) is 119 cm³/mol. The molecule has 0 atom stereocenters. The maximum atomic E-state index is 12.9. The Morgan fingerprint density at radius 1 is 1.16 bits per heavy atom. The molecule has 1 aliphatic rings. The van der Waals surface area contributed by atoms with Crippen molar-refractivity contribution < 1.29 is 17.9 Å². The number of rotatable bonds is 6. The Balaban J connectivity index is 1.76. The van der Waals surface area contributed by atoms with E-state index in [9.17, 15) is 8.42 Å². The van der Waals surface area contributed by atoms with Crippen molar-refractivity contribution in [2.45, 2.75) is 18.1 Å². The summed E-state index contributed by atoms with van der Waals surface area (Å²) in [7, 11) is -2.32. The molecular weight excluding hydrogens is 438 g/mol. The van der Waals surface area contributed by atoms with Gasteiger partial charge in [-0.25, -0.2) is 23.4 Å². The fraction of sp³-hybridized carbons (Fsp3) is 0.350. The van der Waals surface area contributed by atoms with Gasteiger partial charge in [-0.2, -0.15) is 0 Å². The molecule has 0 aliphatic carbocycles. The van der Waals surface area contributed by atoms with Gasteiger partial charge in [0.2, 0.25) is 5.88 Å². The van der Waals surface area contributed by atoms with Crippen molar-refractivity contribution in [1.29, 1.82) is 0 Å². The first-order chi connectivity index (χ1) is 14.9. The van der Waals surface area contributed by atoms with Crippen LogP contribution in [0.5, 0.6) is 5.88 Å². The quantitative estimate of drug-likeness (QED) is 0.597. The molecule has 3 aromatic rings. The number of aromatic nitrogens is 3. The van der Waals surface area contributed by atoms with Gasteiger partial charge < -0.3 is 14.4 Å². The highest BCUT2D eigenvalue weighted by molar-refractivity contribution is 7.94. The highest BCUT2D eigenvalue weighted by Gasteiger charge is 2.23. The zero-order valence-electron chi connectivity index (χ0n) is 17.5. The summed E-state index contributed by atoms with van der Waals surface area (Å²) in [6, 6.07) is 5.06. The Labute approximate surface area is 185 Å². The van der Waals surface area contributed by atoms with Crippen molar-refractivity contribution in [3.05, 3.63) is 41.3 Å². The first kappa shape index (κ1) is 21.5. The van der Waals surface area contributed by atoms with Crippen LogP contribution in [-0.4, -0.2) is 56.8 Å². The number of anilines is 2. The fourth-order valence-corrected chi connectivity index (χ4v) is 5.72. The molecule has 1 N–H and O–H groups in total. The summed E-state index contributed by atoms with van der Waals surface area (Å²) in [6.45, 7) is 6.42. The molecule has 9 nitrogen and oxygen atoms in total. The molecule has 0 amide bonds. The van der Waals surface area contributed by atoms with E-state index in [0.29, 0.717) is 31.9 Å². The normalized spacial score (nSPS) is 14.5. The molecule has 0 spiro atoms. The summed E-state index contributed by atoms with van der Waals surface area (Å²) in [6.07, 6.45) is 3.17. The van der Waals surface area contributed by atoms with Gasteiger partial charge in [0.05, 0.1) is 26.0 Å². The average Bonchev–Trinajstić information content (AvgIpc) is 3.21. The second-order valence-corrected chi connectivity index (χ2v) is 10.2. The second-order valence-electron chi connectivity index (χ2n) is 7.01. The van der Waals surface area contributed by atoms with Gasteiger partial charge in [0, 0.05) is 35.3 Å². The standard InChI is InChI=1S/C20H23N5O4S2/c1-13-4-5-17(30-13)31(26,27)24-16-10-15(11-21-20(16)28-3)18-14(2)22-12-23-19(18)25-6-8-29-9-7-25/h4-5,10-12,24H,6-9H2,1-3H3. The van der Waals surface area contributed by atoms with E-state index in [1.807, 2.05) is 13.8 Å². The number of ether oxygens (including phenoxy) is 2. The first-order valence-corrected chi connectivity index (χ1v) is 12.0. The number of nitrogens with zero attached hydrogens (tertiary/aromatic N) is 4. The van der Waals surface area contributed by atoms with Crippen LogP contribution in [0.4, 0.5) is 11.5 Å². The molecule has 1 saturated heterocycles. The van der Waals surface area contributed by atoms with Gasteiger partial charge >= 0.3 is 0 Å². The summed E-state index contributed by atoms with van der Waals surface area (Å²) in [5.74, 6) is 0.952. The Kier molecular flexibility index (Phi) is 6.08. The lowest BCUT2D eigenvalue weighted by Crippen LogP contribution is -2.37. The zero-order valence-corrected chi connectivity index (χ0v) is 19.1. The van der Waals surface area contributed by atoms with Crippen LogP contribution in [0.3, 0.4) is 0 Å². The smallest absolute Gasteiger partial charge is 0.271 e. The Hall–Kier alpha value is -2.76. The third-order valence-electron chi connectivity index (χ3n) is 4.89. The summed E-state index contributed by atoms with van der Waals surface area (Å²) in [5, 5.41) is 0. The molecule has 11 heteroatoms. The lowest BCUT2D eigenvalue weighted by atomic mass is 10.1. The highest BCUT2D eigenvalue weighted by atomic mass is 32.2. The van der Waals surface area contributed by atoms with Crippen LogP contribution in [0.2, 0.25) is 0 Å². The number of methoxy groups -OCH3 is 1. The van der Waals surface area contributed by atoms with E-state index in [4.69, 9.17) is 9.47 Å². The van der Waals surface area contributed by atoms with E-state index in [0.717, 1.165) is 22.0 Å². The monoisotopic (exact) mass is 461 g/mol. The number of sulfonamides is 1. The topological polar surface area (TPSA) is 107 Å². The first-order valence-electron chi connectivity index (χ1n) is 9.67. The van der Waals surface area contributed by atoms with E-state index in [1.165, 1.54) is 24.8 Å². The maximum Gasteiger partial charge on any atom is 0.271 e. The van der Waals surface area contributed by atoms with Crippen molar-refractivity contribution in [3.8, 4) is 17.0 Å². The Morgan fingerprint density at radius 3 is 2.61 bits per heavy atom. The third kappa shape index (κ3) is 4.48. The molecule has 0 saturated carbocycles. The molecule has 1 aliphatic heterocycles. The van der Waals surface area contributed by atoms with E-state index in [1.54, 1.807) is 24.4 Å². The molecule has 4 rings (SSSR count). The average molecular weight is 462 g/mol.